The lowest BCUT2D eigenvalue weighted by molar-refractivity contribution is -0.125. The van der Waals surface area contributed by atoms with Gasteiger partial charge in [0.15, 0.2) is 11.8 Å². The largest absolute Gasteiger partial charge is 0.350 e. The molecule has 2 N–H and O–H groups in total. The summed E-state index contributed by atoms with van der Waals surface area (Å²) in [5, 5.41) is 6.24. The van der Waals surface area contributed by atoms with Crippen LogP contribution >= 0.6 is 0 Å². The number of hydrogen-bond donors (Lipinski definition) is 2. The zero-order valence-corrected chi connectivity index (χ0v) is 10.8. The Labute approximate surface area is 112 Å². The SMILES string of the molecule is O=C1N[C@@H]2CCCC[C@@H]2N[C@H]1C(=O)c1ccccc1. The number of rotatable bonds is 2. The van der Waals surface area contributed by atoms with Crippen LogP contribution in [0.15, 0.2) is 30.3 Å². The van der Waals surface area contributed by atoms with Crippen molar-refractivity contribution in [3.63, 3.8) is 0 Å². The van der Waals surface area contributed by atoms with E-state index in [9.17, 15) is 9.59 Å². The van der Waals surface area contributed by atoms with Crippen molar-refractivity contribution in [3.8, 4) is 0 Å². The fraction of sp³-hybridized carbons (Fsp3) is 0.467. The maximum atomic E-state index is 12.4. The van der Waals surface area contributed by atoms with Crippen LogP contribution in [0.4, 0.5) is 0 Å². The van der Waals surface area contributed by atoms with Crippen molar-refractivity contribution in [1.82, 2.24) is 10.6 Å². The molecule has 0 aromatic heterocycles. The second kappa shape index (κ2) is 5.13. The maximum Gasteiger partial charge on any atom is 0.245 e. The van der Waals surface area contributed by atoms with E-state index in [4.69, 9.17) is 0 Å². The number of nitrogens with one attached hydrogen (secondary N) is 2. The average molecular weight is 258 g/mol. The van der Waals surface area contributed by atoms with Crippen LogP contribution in [0.5, 0.6) is 0 Å². The number of fused-ring (bicyclic) bond motifs is 1. The molecule has 0 bridgehead atoms. The second-order valence-electron chi connectivity index (χ2n) is 5.34. The van der Waals surface area contributed by atoms with Crippen LogP contribution in [-0.4, -0.2) is 29.8 Å². The molecular weight excluding hydrogens is 240 g/mol. The van der Waals surface area contributed by atoms with E-state index in [1.165, 1.54) is 0 Å². The first-order chi connectivity index (χ1) is 9.25. The molecule has 3 rings (SSSR count). The number of ketones is 1. The zero-order valence-electron chi connectivity index (χ0n) is 10.8. The highest BCUT2D eigenvalue weighted by Gasteiger charge is 2.39. The van der Waals surface area contributed by atoms with Gasteiger partial charge in [0.1, 0.15) is 0 Å². The Balaban J connectivity index is 1.77. The topological polar surface area (TPSA) is 58.2 Å². The summed E-state index contributed by atoms with van der Waals surface area (Å²) in [5.74, 6) is -0.320. The molecule has 1 aliphatic heterocycles. The summed E-state index contributed by atoms with van der Waals surface area (Å²) in [4.78, 5) is 24.4. The molecule has 0 spiro atoms. The fourth-order valence-electron chi connectivity index (χ4n) is 3.02. The minimum absolute atomic E-state index is 0.137. The minimum Gasteiger partial charge on any atom is -0.350 e. The van der Waals surface area contributed by atoms with Gasteiger partial charge in [0.2, 0.25) is 5.91 Å². The van der Waals surface area contributed by atoms with E-state index in [-0.39, 0.29) is 23.8 Å². The lowest BCUT2D eigenvalue weighted by Crippen LogP contribution is -2.66. The molecule has 1 heterocycles. The van der Waals surface area contributed by atoms with Crippen LogP contribution in [0.1, 0.15) is 36.0 Å². The van der Waals surface area contributed by atoms with Gasteiger partial charge in [0, 0.05) is 17.6 Å². The summed E-state index contributed by atoms with van der Waals surface area (Å²) in [6.45, 7) is 0. The Hall–Kier alpha value is -1.68. The molecule has 0 unspecified atom stereocenters. The van der Waals surface area contributed by atoms with Gasteiger partial charge in [0.05, 0.1) is 0 Å². The van der Waals surface area contributed by atoms with E-state index in [1.54, 1.807) is 12.1 Å². The molecule has 2 aliphatic rings. The van der Waals surface area contributed by atoms with Gasteiger partial charge in [-0.3, -0.25) is 14.9 Å². The molecule has 1 aromatic rings. The van der Waals surface area contributed by atoms with Crippen molar-refractivity contribution < 1.29 is 9.59 Å². The Morgan fingerprint density at radius 2 is 1.74 bits per heavy atom. The first kappa shape index (κ1) is 12.4. The zero-order chi connectivity index (χ0) is 13.2. The van der Waals surface area contributed by atoms with Gasteiger partial charge in [0.25, 0.3) is 0 Å². The lowest BCUT2D eigenvalue weighted by atomic mass is 9.86. The molecule has 3 atom stereocenters. The Morgan fingerprint density at radius 3 is 2.47 bits per heavy atom. The van der Waals surface area contributed by atoms with E-state index in [1.807, 2.05) is 18.2 Å². The van der Waals surface area contributed by atoms with Crippen LogP contribution in [0.2, 0.25) is 0 Å². The van der Waals surface area contributed by atoms with Crippen molar-refractivity contribution in [1.29, 1.82) is 0 Å². The number of Topliss-reactive ketones (excluding diaryl/α,β-unsaturated/α-hetero) is 1. The summed E-state index contributed by atoms with van der Waals surface area (Å²) in [6.07, 6.45) is 4.36. The highest BCUT2D eigenvalue weighted by molar-refractivity contribution is 6.13. The number of hydrogen-bond acceptors (Lipinski definition) is 3. The minimum atomic E-state index is -0.734. The van der Waals surface area contributed by atoms with Crippen LogP contribution in [-0.2, 0) is 4.79 Å². The van der Waals surface area contributed by atoms with Gasteiger partial charge in [-0.25, -0.2) is 0 Å². The average Bonchev–Trinajstić information content (AvgIpc) is 2.47. The van der Waals surface area contributed by atoms with Crippen LogP contribution in [0.25, 0.3) is 0 Å². The smallest absolute Gasteiger partial charge is 0.245 e. The molecule has 100 valence electrons. The number of amides is 1. The lowest BCUT2D eigenvalue weighted by Gasteiger charge is -2.40. The Bertz CT molecular complexity index is 486. The van der Waals surface area contributed by atoms with Gasteiger partial charge in [-0.2, -0.15) is 0 Å². The molecule has 1 saturated carbocycles. The summed E-state index contributed by atoms with van der Waals surface area (Å²) in [7, 11) is 0. The van der Waals surface area contributed by atoms with Crippen molar-refractivity contribution in [2.45, 2.75) is 43.8 Å². The van der Waals surface area contributed by atoms with Crippen LogP contribution in [0, 0.1) is 0 Å². The number of carbonyl (C=O) groups excluding carboxylic acids is 2. The van der Waals surface area contributed by atoms with Crippen molar-refractivity contribution in [3.05, 3.63) is 35.9 Å². The molecule has 1 aromatic carbocycles. The molecule has 1 amide bonds. The first-order valence-electron chi connectivity index (χ1n) is 6.91. The summed E-state index contributed by atoms with van der Waals surface area (Å²) in [6, 6.07) is 8.71. The standard InChI is InChI=1S/C15H18N2O2/c18-14(10-6-2-1-3-7-10)13-15(19)17-12-9-5-4-8-11(12)16-13/h1-3,6-7,11-13,16H,4-5,8-9H2,(H,17,19)/t11-,12+,13-/m0/s1. The van der Waals surface area contributed by atoms with Gasteiger partial charge >= 0.3 is 0 Å². The van der Waals surface area contributed by atoms with Gasteiger partial charge in [-0.05, 0) is 12.8 Å². The molecule has 2 fully saturated rings. The Kier molecular flexibility index (Phi) is 3.34. The van der Waals surface area contributed by atoms with Crippen LogP contribution in [0.3, 0.4) is 0 Å². The van der Waals surface area contributed by atoms with E-state index >= 15 is 0 Å². The first-order valence-corrected chi connectivity index (χ1v) is 6.91. The molecule has 1 saturated heterocycles. The summed E-state index contributed by atoms with van der Waals surface area (Å²) >= 11 is 0. The number of piperazine rings is 1. The fourth-order valence-corrected chi connectivity index (χ4v) is 3.02. The number of benzene rings is 1. The maximum absolute atomic E-state index is 12.4. The molecule has 0 radical (unpaired) electrons. The normalized spacial score (nSPS) is 30.3. The van der Waals surface area contributed by atoms with E-state index in [0.717, 1.165) is 25.7 Å². The van der Waals surface area contributed by atoms with Crippen molar-refractivity contribution >= 4 is 11.7 Å². The van der Waals surface area contributed by atoms with E-state index in [2.05, 4.69) is 10.6 Å². The monoisotopic (exact) mass is 258 g/mol. The third-order valence-corrected chi connectivity index (χ3v) is 4.06. The number of carbonyl (C=O) groups is 2. The van der Waals surface area contributed by atoms with Crippen molar-refractivity contribution in [2.24, 2.45) is 0 Å². The second-order valence-corrected chi connectivity index (χ2v) is 5.34. The third kappa shape index (κ3) is 2.40. The van der Waals surface area contributed by atoms with Crippen molar-refractivity contribution in [2.75, 3.05) is 0 Å². The highest BCUT2D eigenvalue weighted by atomic mass is 16.2. The van der Waals surface area contributed by atoms with Gasteiger partial charge < -0.3 is 5.32 Å². The third-order valence-electron chi connectivity index (χ3n) is 4.06. The molecule has 19 heavy (non-hydrogen) atoms. The summed E-state index contributed by atoms with van der Waals surface area (Å²) in [5.41, 5.74) is 0.587. The highest BCUT2D eigenvalue weighted by Crippen LogP contribution is 2.22. The molecular formula is C15H18N2O2. The Morgan fingerprint density at radius 1 is 1.05 bits per heavy atom. The molecule has 1 aliphatic carbocycles. The molecule has 4 heteroatoms. The van der Waals surface area contributed by atoms with Gasteiger partial charge in [-0.1, -0.05) is 43.2 Å². The molecule has 4 nitrogen and oxygen atoms in total. The summed E-state index contributed by atoms with van der Waals surface area (Å²) < 4.78 is 0. The van der Waals surface area contributed by atoms with Gasteiger partial charge in [-0.15, -0.1) is 0 Å². The predicted octanol–water partition coefficient (Wildman–Crippen LogP) is 1.27. The van der Waals surface area contributed by atoms with E-state index < -0.39 is 6.04 Å². The van der Waals surface area contributed by atoms with E-state index in [0.29, 0.717) is 5.56 Å². The quantitative estimate of drug-likeness (QED) is 0.620. The predicted molar refractivity (Wildman–Crippen MR) is 71.9 cm³/mol. The van der Waals surface area contributed by atoms with Crippen LogP contribution < -0.4 is 10.6 Å².